The van der Waals surface area contributed by atoms with Crippen LogP contribution in [0.2, 0.25) is 0 Å². The van der Waals surface area contributed by atoms with Gasteiger partial charge in [0.1, 0.15) is 0 Å². The van der Waals surface area contributed by atoms with Gasteiger partial charge in [0.25, 0.3) is 0 Å². The lowest BCUT2D eigenvalue weighted by molar-refractivity contribution is 1.18. The summed E-state index contributed by atoms with van der Waals surface area (Å²) in [5, 5.41) is 2.30. The summed E-state index contributed by atoms with van der Waals surface area (Å²) in [6.45, 7) is 7.53. The van der Waals surface area contributed by atoms with Crippen LogP contribution in [0.25, 0.3) is 81.2 Å². The van der Waals surface area contributed by atoms with E-state index in [0.717, 1.165) is 55.7 Å². The summed E-state index contributed by atoms with van der Waals surface area (Å²) in [7, 11) is 0. The van der Waals surface area contributed by atoms with E-state index in [2.05, 4.69) is 102 Å². The van der Waals surface area contributed by atoms with Crippen molar-refractivity contribution in [2.75, 3.05) is 0 Å². The van der Waals surface area contributed by atoms with E-state index in [1.807, 2.05) is 54.6 Å². The molecule has 0 aliphatic rings. The van der Waals surface area contributed by atoms with Crippen LogP contribution < -0.4 is 0 Å². The molecule has 0 saturated carbocycles. The molecule has 4 heteroatoms. The summed E-state index contributed by atoms with van der Waals surface area (Å²) in [6.07, 6.45) is 0. The molecule has 0 radical (unpaired) electrons. The molecule has 0 spiro atoms. The minimum Gasteiger partial charge on any atom is -0.238 e. The van der Waals surface area contributed by atoms with Gasteiger partial charge in [-0.1, -0.05) is 109 Å². The smallest absolute Gasteiger partial charge is 0.187 e. The Hall–Kier alpha value is -5.89. The Morgan fingerprint density at radius 1 is 0.422 bits per heavy atom. The minimum atomic E-state index is 0.660. The topological polar surface area (TPSA) is 30.1 Å². The molecule has 2 aromatic heterocycles. The SMILES string of the molecule is [C-]#[N+]c1ccc2sc3ccc(-c4cc(-c5ccccc5)cc(-c5cc(-c6ccccc6)nc(-c6ccccc6)n5)c4)cc3c2c1. The number of rotatable bonds is 5. The maximum absolute atomic E-state index is 7.53. The maximum atomic E-state index is 7.53. The summed E-state index contributed by atoms with van der Waals surface area (Å²) in [4.78, 5) is 13.8. The van der Waals surface area contributed by atoms with Crippen LogP contribution in [0.5, 0.6) is 0 Å². The number of thiophene rings is 1. The molecule has 0 aliphatic heterocycles. The summed E-state index contributed by atoms with van der Waals surface area (Å²) in [5.41, 5.74) is 9.95. The third kappa shape index (κ3) is 5.16. The molecule has 0 fully saturated rings. The molecular formula is C41H25N3S. The summed E-state index contributed by atoms with van der Waals surface area (Å²) in [5.74, 6) is 0.695. The number of nitrogens with zero attached hydrogens (tertiary/aromatic N) is 3. The zero-order chi connectivity index (χ0) is 30.2. The lowest BCUT2D eigenvalue weighted by Gasteiger charge is -2.13. The first-order valence-corrected chi connectivity index (χ1v) is 15.6. The number of fused-ring (bicyclic) bond motifs is 3. The molecule has 0 bridgehead atoms. The highest BCUT2D eigenvalue weighted by Crippen LogP contribution is 2.40. The van der Waals surface area contributed by atoms with Gasteiger partial charge in [-0.2, -0.15) is 0 Å². The Balaban J connectivity index is 1.35. The normalized spacial score (nSPS) is 11.1. The predicted molar refractivity (Wildman–Crippen MR) is 188 cm³/mol. The van der Waals surface area contributed by atoms with E-state index in [4.69, 9.17) is 16.5 Å². The Kier molecular flexibility index (Phi) is 6.72. The van der Waals surface area contributed by atoms with Crippen molar-refractivity contribution in [1.29, 1.82) is 0 Å². The van der Waals surface area contributed by atoms with Gasteiger partial charge in [-0.05, 0) is 75.5 Å². The molecule has 45 heavy (non-hydrogen) atoms. The second-order valence-corrected chi connectivity index (χ2v) is 12.0. The molecule has 0 saturated heterocycles. The van der Waals surface area contributed by atoms with Crippen molar-refractivity contribution < 1.29 is 0 Å². The van der Waals surface area contributed by atoms with E-state index in [-0.39, 0.29) is 0 Å². The third-order valence-electron chi connectivity index (χ3n) is 8.08. The third-order valence-corrected chi connectivity index (χ3v) is 9.23. The van der Waals surface area contributed by atoms with Crippen LogP contribution in [-0.2, 0) is 0 Å². The van der Waals surface area contributed by atoms with E-state index >= 15 is 0 Å². The average molecular weight is 592 g/mol. The van der Waals surface area contributed by atoms with Crippen LogP contribution in [0.1, 0.15) is 0 Å². The van der Waals surface area contributed by atoms with Gasteiger partial charge in [-0.15, -0.1) is 11.3 Å². The fraction of sp³-hybridized carbons (Fsp3) is 0. The molecule has 3 nitrogen and oxygen atoms in total. The average Bonchev–Trinajstić information content (AvgIpc) is 3.49. The number of hydrogen-bond acceptors (Lipinski definition) is 3. The highest BCUT2D eigenvalue weighted by Gasteiger charge is 2.14. The van der Waals surface area contributed by atoms with Crippen molar-refractivity contribution in [3.63, 3.8) is 0 Å². The summed E-state index contributed by atoms with van der Waals surface area (Å²) >= 11 is 1.76. The standard InChI is InChI=1S/C41H25N3S/c1-42-34-18-20-40-36(25-34)35-24-30(17-19-39(35)45-40)32-21-31(27-11-5-2-6-12-27)22-33(23-32)38-26-37(28-13-7-3-8-14-28)43-41(44-38)29-15-9-4-10-16-29/h2-26H. The van der Waals surface area contributed by atoms with Gasteiger partial charge in [0.05, 0.1) is 18.0 Å². The van der Waals surface area contributed by atoms with Crippen molar-refractivity contribution >= 4 is 37.2 Å². The fourth-order valence-electron chi connectivity index (χ4n) is 5.82. The van der Waals surface area contributed by atoms with E-state index in [1.165, 1.54) is 14.8 Å². The predicted octanol–water partition coefficient (Wildman–Crippen LogP) is 11.7. The monoisotopic (exact) mass is 591 g/mol. The van der Waals surface area contributed by atoms with Gasteiger partial charge >= 0.3 is 0 Å². The van der Waals surface area contributed by atoms with Crippen LogP contribution in [0, 0.1) is 6.57 Å². The highest BCUT2D eigenvalue weighted by molar-refractivity contribution is 7.25. The van der Waals surface area contributed by atoms with E-state index in [9.17, 15) is 0 Å². The molecule has 8 rings (SSSR count). The number of benzene rings is 6. The summed E-state index contributed by atoms with van der Waals surface area (Å²) < 4.78 is 2.40. The maximum Gasteiger partial charge on any atom is 0.187 e. The zero-order valence-corrected chi connectivity index (χ0v) is 25.0. The second kappa shape index (κ2) is 11.3. The second-order valence-electron chi connectivity index (χ2n) is 11.0. The lowest BCUT2D eigenvalue weighted by atomic mass is 9.94. The molecule has 0 aliphatic carbocycles. The molecule has 210 valence electrons. The molecule has 0 unspecified atom stereocenters. The molecule has 6 aromatic carbocycles. The number of aromatic nitrogens is 2. The summed E-state index contributed by atoms with van der Waals surface area (Å²) in [6, 6.07) is 52.4. The van der Waals surface area contributed by atoms with Crippen LogP contribution >= 0.6 is 11.3 Å². The Morgan fingerprint density at radius 3 is 1.62 bits per heavy atom. The van der Waals surface area contributed by atoms with Gasteiger partial charge in [-0.3, -0.25) is 0 Å². The zero-order valence-electron chi connectivity index (χ0n) is 24.2. The van der Waals surface area contributed by atoms with Crippen molar-refractivity contribution in [2.24, 2.45) is 0 Å². The van der Waals surface area contributed by atoms with Gasteiger partial charge in [0.15, 0.2) is 11.5 Å². The Bertz CT molecular complexity index is 2310. The van der Waals surface area contributed by atoms with Crippen molar-refractivity contribution in [2.45, 2.75) is 0 Å². The fourth-order valence-corrected chi connectivity index (χ4v) is 6.89. The van der Waals surface area contributed by atoms with Gasteiger partial charge in [-0.25, -0.2) is 14.8 Å². The van der Waals surface area contributed by atoms with E-state index < -0.39 is 0 Å². The molecule has 0 amide bonds. The first-order valence-electron chi connectivity index (χ1n) is 14.8. The quantitative estimate of drug-likeness (QED) is 0.186. The van der Waals surface area contributed by atoms with Crippen molar-refractivity contribution in [3.8, 4) is 56.2 Å². The Labute approximate surface area is 265 Å². The molecule has 8 aromatic rings. The highest BCUT2D eigenvalue weighted by atomic mass is 32.1. The lowest BCUT2D eigenvalue weighted by Crippen LogP contribution is -1.96. The molecule has 2 heterocycles. The van der Waals surface area contributed by atoms with Gasteiger partial charge in [0.2, 0.25) is 0 Å². The first kappa shape index (κ1) is 26.7. The Morgan fingerprint density at radius 2 is 0.956 bits per heavy atom. The van der Waals surface area contributed by atoms with Crippen molar-refractivity contribution in [3.05, 3.63) is 163 Å². The first-order chi connectivity index (χ1) is 22.2. The molecule has 0 atom stereocenters. The van der Waals surface area contributed by atoms with Gasteiger partial charge < -0.3 is 0 Å². The van der Waals surface area contributed by atoms with Crippen LogP contribution in [0.15, 0.2) is 152 Å². The van der Waals surface area contributed by atoms with E-state index in [0.29, 0.717) is 11.5 Å². The van der Waals surface area contributed by atoms with E-state index in [1.54, 1.807) is 11.3 Å². The largest absolute Gasteiger partial charge is 0.238 e. The minimum absolute atomic E-state index is 0.660. The molecular weight excluding hydrogens is 567 g/mol. The van der Waals surface area contributed by atoms with Crippen LogP contribution in [0.4, 0.5) is 5.69 Å². The van der Waals surface area contributed by atoms with Crippen molar-refractivity contribution in [1.82, 2.24) is 9.97 Å². The van der Waals surface area contributed by atoms with Crippen LogP contribution in [0.3, 0.4) is 0 Å². The number of hydrogen-bond donors (Lipinski definition) is 0. The molecule has 0 N–H and O–H groups in total. The van der Waals surface area contributed by atoms with Gasteiger partial charge in [0, 0.05) is 26.1 Å². The van der Waals surface area contributed by atoms with Crippen LogP contribution in [-0.4, -0.2) is 9.97 Å².